The number of nitrogens with one attached hydrogen (secondary N) is 1. The highest BCUT2D eigenvalue weighted by molar-refractivity contribution is 9.10. The number of hydrogen-bond donors (Lipinski definition) is 1. The van der Waals surface area contributed by atoms with Gasteiger partial charge in [-0.25, -0.2) is 13.4 Å². The fraction of sp³-hybridized carbons (Fsp3) is 0.375. The van der Waals surface area contributed by atoms with E-state index in [1.54, 1.807) is 30.5 Å². The summed E-state index contributed by atoms with van der Waals surface area (Å²) in [5.74, 6) is -0.324. The van der Waals surface area contributed by atoms with Crippen LogP contribution in [0.2, 0.25) is 0 Å². The van der Waals surface area contributed by atoms with Crippen molar-refractivity contribution in [3.63, 3.8) is 0 Å². The van der Waals surface area contributed by atoms with Crippen molar-refractivity contribution in [1.29, 1.82) is 0 Å². The molecule has 1 saturated heterocycles. The van der Waals surface area contributed by atoms with Gasteiger partial charge in [0, 0.05) is 22.1 Å². The summed E-state index contributed by atoms with van der Waals surface area (Å²) in [7, 11) is -3.73. The lowest BCUT2D eigenvalue weighted by atomic mass is 10.0. The van der Waals surface area contributed by atoms with Gasteiger partial charge in [0.05, 0.1) is 4.90 Å². The van der Waals surface area contributed by atoms with Crippen molar-refractivity contribution in [2.45, 2.75) is 37.1 Å². The number of carbonyl (C=O) groups is 1. The fourth-order valence-electron chi connectivity index (χ4n) is 2.80. The van der Waals surface area contributed by atoms with Gasteiger partial charge in [-0.2, -0.15) is 4.31 Å². The molecule has 1 unspecified atom stereocenters. The minimum absolute atomic E-state index is 0.195. The molecule has 1 aromatic heterocycles. The number of hydrogen-bond acceptors (Lipinski definition) is 5. The van der Waals surface area contributed by atoms with Gasteiger partial charge in [-0.05, 0) is 44.0 Å². The highest BCUT2D eigenvalue weighted by atomic mass is 79.9. The van der Waals surface area contributed by atoms with Gasteiger partial charge in [0.15, 0.2) is 5.13 Å². The molecular formula is C16H18BrN3O3S2. The third kappa shape index (κ3) is 4.11. The minimum Gasteiger partial charge on any atom is -0.301 e. The molecule has 25 heavy (non-hydrogen) atoms. The summed E-state index contributed by atoms with van der Waals surface area (Å²) in [6.45, 7) is 2.24. The van der Waals surface area contributed by atoms with E-state index in [-0.39, 0.29) is 10.8 Å². The number of amides is 1. The Morgan fingerprint density at radius 2 is 2.04 bits per heavy atom. The zero-order valence-corrected chi connectivity index (χ0v) is 16.8. The zero-order valence-electron chi connectivity index (χ0n) is 13.6. The monoisotopic (exact) mass is 443 g/mol. The van der Waals surface area contributed by atoms with Crippen LogP contribution in [-0.4, -0.2) is 36.2 Å². The lowest BCUT2D eigenvalue weighted by molar-refractivity contribution is -0.120. The number of carbonyl (C=O) groups excluding carboxylic acids is 1. The summed E-state index contributed by atoms with van der Waals surface area (Å²) >= 11 is 4.67. The molecule has 134 valence electrons. The highest BCUT2D eigenvalue weighted by Gasteiger charge is 2.37. The molecule has 0 radical (unpaired) electrons. The normalized spacial score (nSPS) is 18.9. The maximum atomic E-state index is 13.0. The van der Waals surface area contributed by atoms with Crippen LogP contribution in [0.25, 0.3) is 0 Å². The van der Waals surface area contributed by atoms with Crippen LogP contribution in [0.4, 0.5) is 5.13 Å². The quantitative estimate of drug-likeness (QED) is 0.784. The molecular weight excluding hydrogens is 426 g/mol. The first-order chi connectivity index (χ1) is 11.9. The number of piperidine rings is 1. The Labute approximate surface area is 159 Å². The Kier molecular flexibility index (Phi) is 5.57. The molecule has 0 spiro atoms. The molecule has 1 atom stereocenters. The first-order valence-corrected chi connectivity index (χ1v) is 10.9. The van der Waals surface area contributed by atoms with Gasteiger partial charge in [0.2, 0.25) is 15.9 Å². The Morgan fingerprint density at radius 3 is 2.68 bits per heavy atom. The number of aryl methyl sites for hydroxylation is 1. The van der Waals surface area contributed by atoms with Crippen molar-refractivity contribution in [1.82, 2.24) is 9.29 Å². The van der Waals surface area contributed by atoms with Crippen LogP contribution in [0.1, 0.15) is 24.1 Å². The molecule has 1 fully saturated rings. The van der Waals surface area contributed by atoms with Crippen molar-refractivity contribution in [2.75, 3.05) is 11.9 Å². The van der Waals surface area contributed by atoms with E-state index in [2.05, 4.69) is 26.2 Å². The summed E-state index contributed by atoms with van der Waals surface area (Å²) < 4.78 is 28.1. The van der Waals surface area contributed by atoms with Crippen LogP contribution >= 0.6 is 27.3 Å². The Balaban J connectivity index is 1.84. The zero-order chi connectivity index (χ0) is 18.0. The van der Waals surface area contributed by atoms with Crippen molar-refractivity contribution in [3.05, 3.63) is 39.8 Å². The third-order valence-corrected chi connectivity index (χ3v) is 7.31. The minimum atomic E-state index is -3.73. The number of halogens is 1. The maximum absolute atomic E-state index is 13.0. The Morgan fingerprint density at radius 1 is 1.32 bits per heavy atom. The summed E-state index contributed by atoms with van der Waals surface area (Å²) in [6.07, 6.45) is 3.75. The van der Waals surface area contributed by atoms with E-state index in [1.165, 1.54) is 15.6 Å². The SMILES string of the molecule is Cc1cnc(NC(=O)C2CCCCN2S(=O)(=O)c2ccc(Br)cc2)s1. The number of aromatic nitrogens is 1. The topological polar surface area (TPSA) is 79.4 Å². The van der Waals surface area contributed by atoms with E-state index in [0.717, 1.165) is 22.2 Å². The van der Waals surface area contributed by atoms with E-state index in [0.29, 0.717) is 18.1 Å². The largest absolute Gasteiger partial charge is 0.301 e. The lowest BCUT2D eigenvalue weighted by Crippen LogP contribution is -2.49. The van der Waals surface area contributed by atoms with Crippen molar-refractivity contribution in [2.24, 2.45) is 0 Å². The van der Waals surface area contributed by atoms with Crippen LogP contribution in [-0.2, 0) is 14.8 Å². The second-order valence-corrected chi connectivity index (χ2v) is 9.89. The Hall–Kier alpha value is -1.29. The van der Waals surface area contributed by atoms with Crippen LogP contribution in [0.15, 0.2) is 39.8 Å². The van der Waals surface area contributed by atoms with E-state index in [1.807, 2.05) is 6.92 Å². The molecule has 6 nitrogen and oxygen atoms in total. The van der Waals surface area contributed by atoms with Crippen molar-refractivity contribution in [3.8, 4) is 0 Å². The van der Waals surface area contributed by atoms with Gasteiger partial charge >= 0.3 is 0 Å². The number of anilines is 1. The molecule has 1 N–H and O–H groups in total. The first-order valence-electron chi connectivity index (χ1n) is 7.88. The van der Waals surface area contributed by atoms with Crippen LogP contribution < -0.4 is 5.32 Å². The van der Waals surface area contributed by atoms with E-state index < -0.39 is 16.1 Å². The summed E-state index contributed by atoms with van der Waals surface area (Å²) in [4.78, 5) is 18.0. The van der Waals surface area contributed by atoms with E-state index in [9.17, 15) is 13.2 Å². The smallest absolute Gasteiger partial charge is 0.244 e. The lowest BCUT2D eigenvalue weighted by Gasteiger charge is -2.33. The third-order valence-electron chi connectivity index (χ3n) is 4.03. The second kappa shape index (κ2) is 7.53. The average Bonchev–Trinajstić information content (AvgIpc) is 3.00. The summed E-state index contributed by atoms with van der Waals surface area (Å²) in [5, 5.41) is 3.24. The predicted molar refractivity (Wildman–Crippen MR) is 101 cm³/mol. The highest BCUT2D eigenvalue weighted by Crippen LogP contribution is 2.27. The van der Waals surface area contributed by atoms with E-state index >= 15 is 0 Å². The van der Waals surface area contributed by atoms with Gasteiger partial charge in [-0.15, -0.1) is 11.3 Å². The molecule has 1 amide bonds. The van der Waals surface area contributed by atoms with E-state index in [4.69, 9.17) is 0 Å². The molecule has 0 saturated carbocycles. The van der Waals surface area contributed by atoms with Crippen LogP contribution in [0, 0.1) is 6.92 Å². The molecule has 1 aliphatic rings. The molecule has 1 aromatic carbocycles. The van der Waals surface area contributed by atoms with Crippen molar-refractivity contribution >= 4 is 48.3 Å². The van der Waals surface area contributed by atoms with Crippen LogP contribution in [0.5, 0.6) is 0 Å². The molecule has 0 bridgehead atoms. The molecule has 3 rings (SSSR count). The molecule has 2 aromatic rings. The predicted octanol–water partition coefficient (Wildman–Crippen LogP) is 3.40. The number of benzene rings is 1. The molecule has 2 heterocycles. The second-order valence-electron chi connectivity index (χ2n) is 5.85. The summed E-state index contributed by atoms with van der Waals surface area (Å²) in [5.41, 5.74) is 0. The number of nitrogens with zero attached hydrogens (tertiary/aromatic N) is 2. The van der Waals surface area contributed by atoms with Gasteiger partial charge in [-0.1, -0.05) is 22.4 Å². The van der Waals surface area contributed by atoms with Gasteiger partial charge in [0.25, 0.3) is 0 Å². The first kappa shape index (κ1) is 18.5. The average molecular weight is 444 g/mol. The van der Waals surface area contributed by atoms with Crippen LogP contribution in [0.3, 0.4) is 0 Å². The van der Waals surface area contributed by atoms with Gasteiger partial charge in [0.1, 0.15) is 6.04 Å². The molecule has 0 aliphatic carbocycles. The fourth-order valence-corrected chi connectivity index (χ4v) is 5.39. The van der Waals surface area contributed by atoms with Crippen molar-refractivity contribution < 1.29 is 13.2 Å². The Bertz CT molecular complexity index is 865. The number of thiazole rings is 1. The molecule has 1 aliphatic heterocycles. The number of rotatable bonds is 4. The molecule has 9 heteroatoms. The van der Waals surface area contributed by atoms with Gasteiger partial charge in [-0.3, -0.25) is 4.79 Å². The summed E-state index contributed by atoms with van der Waals surface area (Å²) in [6, 6.07) is 5.75. The standard InChI is InChI=1S/C16H18BrN3O3S2/c1-11-10-18-16(24-11)19-15(21)14-4-2-3-9-20(14)25(22,23)13-7-5-12(17)6-8-13/h5-8,10,14H,2-4,9H2,1H3,(H,18,19,21). The number of sulfonamides is 1. The van der Waals surface area contributed by atoms with Gasteiger partial charge < -0.3 is 5.32 Å². The maximum Gasteiger partial charge on any atom is 0.244 e.